The minimum absolute atomic E-state index is 0.0875. The SMILES string of the molecule is CCC[C@@H]1CN(C2CCOCC2)C[C@H]1NC(=O)c1ccc(=O)n(C)c1. The van der Waals surface area contributed by atoms with Gasteiger partial charge in [0.2, 0.25) is 5.56 Å². The number of likely N-dealkylation sites (tertiary alicyclic amines) is 1. The highest BCUT2D eigenvalue weighted by atomic mass is 16.5. The maximum absolute atomic E-state index is 12.6. The highest BCUT2D eigenvalue weighted by Gasteiger charge is 2.36. The van der Waals surface area contributed by atoms with Crippen LogP contribution in [0.15, 0.2) is 23.1 Å². The van der Waals surface area contributed by atoms with Gasteiger partial charge in [-0.25, -0.2) is 0 Å². The molecular formula is C19H29N3O3. The monoisotopic (exact) mass is 347 g/mol. The molecule has 6 heteroatoms. The molecule has 0 aromatic carbocycles. The summed E-state index contributed by atoms with van der Waals surface area (Å²) in [6, 6.07) is 3.80. The number of amides is 1. The minimum atomic E-state index is -0.105. The standard InChI is InChI=1S/C19H29N3O3/c1-3-4-14-12-22(16-7-9-25-10-8-16)13-17(14)20-19(24)15-5-6-18(23)21(2)11-15/h5-6,11,14,16-17H,3-4,7-10,12-13H2,1-2H3,(H,20,24)/t14-,17-/m1/s1. The number of rotatable bonds is 5. The van der Waals surface area contributed by atoms with Crippen LogP contribution in [-0.2, 0) is 11.8 Å². The molecule has 0 bridgehead atoms. The lowest BCUT2D eigenvalue weighted by molar-refractivity contribution is 0.0405. The van der Waals surface area contributed by atoms with Crippen LogP contribution >= 0.6 is 0 Å². The van der Waals surface area contributed by atoms with Gasteiger partial charge in [0.1, 0.15) is 0 Å². The molecule has 1 amide bonds. The van der Waals surface area contributed by atoms with Crippen LogP contribution in [0.25, 0.3) is 0 Å². The molecule has 2 aliphatic heterocycles. The van der Waals surface area contributed by atoms with E-state index >= 15 is 0 Å². The number of aromatic nitrogens is 1. The van der Waals surface area contributed by atoms with Crippen molar-refractivity contribution in [2.24, 2.45) is 13.0 Å². The van der Waals surface area contributed by atoms with E-state index in [0.29, 0.717) is 17.5 Å². The van der Waals surface area contributed by atoms with Gasteiger partial charge in [0.25, 0.3) is 5.91 Å². The first kappa shape index (κ1) is 18.1. The number of carbonyl (C=O) groups excluding carboxylic acids is 1. The van der Waals surface area contributed by atoms with Crippen molar-refractivity contribution in [2.45, 2.75) is 44.7 Å². The number of hydrogen-bond donors (Lipinski definition) is 1. The highest BCUT2D eigenvalue weighted by Crippen LogP contribution is 2.27. The second-order valence-electron chi connectivity index (χ2n) is 7.29. The normalized spacial score (nSPS) is 25.2. The number of ether oxygens (including phenoxy) is 1. The lowest BCUT2D eigenvalue weighted by atomic mass is 9.98. The van der Waals surface area contributed by atoms with Gasteiger partial charge in [-0.05, 0) is 31.2 Å². The average molecular weight is 347 g/mol. The van der Waals surface area contributed by atoms with E-state index in [4.69, 9.17) is 4.74 Å². The van der Waals surface area contributed by atoms with E-state index in [1.807, 2.05) is 0 Å². The molecule has 6 nitrogen and oxygen atoms in total. The Bertz CT molecular complexity index is 652. The molecule has 3 rings (SSSR count). The van der Waals surface area contributed by atoms with Crippen LogP contribution < -0.4 is 10.9 Å². The molecule has 1 aromatic rings. The van der Waals surface area contributed by atoms with Crippen LogP contribution in [0.3, 0.4) is 0 Å². The van der Waals surface area contributed by atoms with Crippen LogP contribution in [0.1, 0.15) is 43.0 Å². The van der Waals surface area contributed by atoms with Crippen LogP contribution in [-0.4, -0.2) is 53.8 Å². The first-order chi connectivity index (χ1) is 12.1. The van der Waals surface area contributed by atoms with Crippen molar-refractivity contribution < 1.29 is 9.53 Å². The molecule has 138 valence electrons. The fraction of sp³-hybridized carbons (Fsp3) is 0.684. The summed E-state index contributed by atoms with van der Waals surface area (Å²) < 4.78 is 6.93. The smallest absolute Gasteiger partial charge is 0.253 e. The molecule has 3 heterocycles. The third-order valence-electron chi connectivity index (χ3n) is 5.50. The van der Waals surface area contributed by atoms with E-state index in [9.17, 15) is 9.59 Å². The molecule has 0 saturated carbocycles. The Morgan fingerprint density at radius 3 is 2.72 bits per heavy atom. The van der Waals surface area contributed by atoms with E-state index in [1.165, 1.54) is 10.6 Å². The van der Waals surface area contributed by atoms with Gasteiger partial charge in [-0.15, -0.1) is 0 Å². The quantitative estimate of drug-likeness (QED) is 0.874. The molecule has 0 radical (unpaired) electrons. The van der Waals surface area contributed by atoms with Gasteiger partial charge < -0.3 is 14.6 Å². The fourth-order valence-corrected chi connectivity index (χ4v) is 4.06. The van der Waals surface area contributed by atoms with Gasteiger partial charge in [0, 0.05) is 57.7 Å². The lowest BCUT2D eigenvalue weighted by Gasteiger charge is -2.31. The van der Waals surface area contributed by atoms with Crippen molar-refractivity contribution >= 4 is 5.91 Å². The first-order valence-electron chi connectivity index (χ1n) is 9.37. The predicted octanol–water partition coefficient (Wildman–Crippen LogP) is 1.39. The van der Waals surface area contributed by atoms with Crippen LogP contribution in [0.5, 0.6) is 0 Å². The van der Waals surface area contributed by atoms with Gasteiger partial charge in [-0.2, -0.15) is 0 Å². The molecule has 2 fully saturated rings. The summed E-state index contributed by atoms with van der Waals surface area (Å²) in [6.07, 6.45) is 6.02. The Labute approximate surface area is 149 Å². The molecule has 2 saturated heterocycles. The van der Waals surface area contributed by atoms with E-state index < -0.39 is 0 Å². The molecule has 1 aromatic heterocycles. The molecule has 25 heavy (non-hydrogen) atoms. The topological polar surface area (TPSA) is 63.6 Å². The van der Waals surface area contributed by atoms with Gasteiger partial charge in [0.15, 0.2) is 0 Å². The van der Waals surface area contributed by atoms with Crippen molar-refractivity contribution in [3.05, 3.63) is 34.2 Å². The van der Waals surface area contributed by atoms with Gasteiger partial charge in [0.05, 0.1) is 5.56 Å². The van der Waals surface area contributed by atoms with Crippen molar-refractivity contribution in [3.8, 4) is 0 Å². The summed E-state index contributed by atoms with van der Waals surface area (Å²) >= 11 is 0. The number of hydrogen-bond acceptors (Lipinski definition) is 4. The Morgan fingerprint density at radius 1 is 1.28 bits per heavy atom. The second kappa shape index (κ2) is 8.15. The van der Waals surface area contributed by atoms with E-state index in [0.717, 1.165) is 52.0 Å². The van der Waals surface area contributed by atoms with Crippen molar-refractivity contribution in [1.29, 1.82) is 0 Å². The molecule has 0 unspecified atom stereocenters. The predicted molar refractivity (Wildman–Crippen MR) is 96.7 cm³/mol. The van der Waals surface area contributed by atoms with Crippen LogP contribution in [0.4, 0.5) is 0 Å². The summed E-state index contributed by atoms with van der Waals surface area (Å²) in [6.45, 7) is 5.84. The first-order valence-corrected chi connectivity index (χ1v) is 9.37. The van der Waals surface area contributed by atoms with E-state index in [-0.39, 0.29) is 17.5 Å². The largest absolute Gasteiger partial charge is 0.381 e. The second-order valence-corrected chi connectivity index (χ2v) is 7.29. The zero-order valence-corrected chi connectivity index (χ0v) is 15.2. The third kappa shape index (κ3) is 4.30. The number of pyridine rings is 1. The maximum Gasteiger partial charge on any atom is 0.253 e. The Balaban J connectivity index is 1.66. The highest BCUT2D eigenvalue weighted by molar-refractivity contribution is 5.94. The van der Waals surface area contributed by atoms with Crippen LogP contribution in [0.2, 0.25) is 0 Å². The number of carbonyl (C=O) groups is 1. The summed E-state index contributed by atoms with van der Waals surface area (Å²) in [4.78, 5) is 26.7. The van der Waals surface area contributed by atoms with Crippen molar-refractivity contribution in [2.75, 3.05) is 26.3 Å². The van der Waals surface area contributed by atoms with Crippen molar-refractivity contribution in [1.82, 2.24) is 14.8 Å². The van der Waals surface area contributed by atoms with Gasteiger partial charge in [-0.1, -0.05) is 13.3 Å². The fourth-order valence-electron chi connectivity index (χ4n) is 4.06. The minimum Gasteiger partial charge on any atom is -0.381 e. The third-order valence-corrected chi connectivity index (χ3v) is 5.50. The molecule has 2 atom stereocenters. The van der Waals surface area contributed by atoms with Crippen LogP contribution in [0, 0.1) is 5.92 Å². The zero-order chi connectivity index (χ0) is 17.8. The number of aryl methyl sites for hydroxylation is 1. The molecule has 0 aliphatic carbocycles. The summed E-state index contributed by atoms with van der Waals surface area (Å²) in [5.74, 6) is 0.403. The maximum atomic E-state index is 12.6. The Hall–Kier alpha value is -1.66. The number of nitrogens with zero attached hydrogens (tertiary/aromatic N) is 2. The molecule has 2 aliphatic rings. The zero-order valence-electron chi connectivity index (χ0n) is 15.2. The molecule has 0 spiro atoms. The summed E-state index contributed by atoms with van der Waals surface area (Å²) in [5, 5.41) is 3.22. The van der Waals surface area contributed by atoms with Gasteiger partial charge in [-0.3, -0.25) is 14.5 Å². The molecular weight excluding hydrogens is 318 g/mol. The van der Waals surface area contributed by atoms with Crippen molar-refractivity contribution in [3.63, 3.8) is 0 Å². The van der Waals surface area contributed by atoms with E-state index in [1.54, 1.807) is 19.3 Å². The summed E-state index contributed by atoms with van der Waals surface area (Å²) in [7, 11) is 1.67. The summed E-state index contributed by atoms with van der Waals surface area (Å²) in [5.41, 5.74) is 0.439. The van der Waals surface area contributed by atoms with Gasteiger partial charge >= 0.3 is 0 Å². The number of nitrogens with one attached hydrogen (secondary N) is 1. The Kier molecular flexibility index (Phi) is 5.91. The Morgan fingerprint density at radius 2 is 2.04 bits per heavy atom. The molecule has 1 N–H and O–H groups in total. The average Bonchev–Trinajstić information content (AvgIpc) is 3.01. The lowest BCUT2D eigenvalue weighted by Crippen LogP contribution is -2.42. The van der Waals surface area contributed by atoms with E-state index in [2.05, 4.69) is 17.1 Å².